The summed E-state index contributed by atoms with van der Waals surface area (Å²) in [4.78, 5) is 26.9. The molecule has 0 unspecified atom stereocenters. The second-order valence-corrected chi connectivity index (χ2v) is 6.44. The lowest BCUT2D eigenvalue weighted by Crippen LogP contribution is -2.41. The molecule has 1 heterocycles. The molecule has 1 aliphatic rings. The van der Waals surface area contributed by atoms with Crippen LogP contribution in [-0.2, 0) is 14.3 Å². The van der Waals surface area contributed by atoms with Gasteiger partial charge in [-0.1, -0.05) is 60.7 Å². The van der Waals surface area contributed by atoms with Crippen molar-refractivity contribution in [2.45, 2.75) is 6.92 Å². The van der Waals surface area contributed by atoms with Crippen molar-refractivity contribution in [2.75, 3.05) is 26.2 Å². The lowest BCUT2D eigenvalue weighted by molar-refractivity contribution is -0.144. The molecule has 27 heavy (non-hydrogen) atoms. The fourth-order valence-corrected chi connectivity index (χ4v) is 3.11. The summed E-state index contributed by atoms with van der Waals surface area (Å²) in [5.74, 6) is -0.243. The smallest absolute Gasteiger partial charge is 0.320 e. The number of ether oxygens (including phenoxy) is 1. The molecule has 0 saturated carbocycles. The predicted octanol–water partition coefficient (Wildman–Crippen LogP) is 3.60. The minimum absolute atomic E-state index is 0.0304. The standard InChI is InChI=1S/C23H23NO3/c1-2-27-22(25)17-24-15-20(13-18-9-5-3-6-10-18)23(26)21(16-24)14-19-11-7-4-8-12-19/h3-14H,2,15-17H2,1H3/b20-13+,21-14+. The summed E-state index contributed by atoms with van der Waals surface area (Å²) in [6.45, 7) is 3.17. The Bertz CT molecular complexity index is 792. The molecule has 0 atom stereocenters. The molecule has 3 rings (SSSR count). The molecule has 1 fully saturated rings. The Morgan fingerprint density at radius 3 is 1.85 bits per heavy atom. The molecule has 0 aliphatic carbocycles. The van der Waals surface area contributed by atoms with Crippen LogP contribution in [0.15, 0.2) is 71.8 Å². The number of esters is 1. The van der Waals surface area contributed by atoms with Gasteiger partial charge in [-0.05, 0) is 30.2 Å². The van der Waals surface area contributed by atoms with Gasteiger partial charge in [0, 0.05) is 24.2 Å². The largest absolute Gasteiger partial charge is 0.465 e. The van der Waals surface area contributed by atoms with Gasteiger partial charge in [0.15, 0.2) is 5.78 Å². The maximum atomic E-state index is 13.0. The highest BCUT2D eigenvalue weighted by Gasteiger charge is 2.27. The van der Waals surface area contributed by atoms with Gasteiger partial charge in [0.1, 0.15) is 0 Å². The average Bonchev–Trinajstić information content (AvgIpc) is 2.67. The molecule has 0 radical (unpaired) electrons. The first kappa shape index (κ1) is 18.8. The number of hydrogen-bond acceptors (Lipinski definition) is 4. The van der Waals surface area contributed by atoms with Gasteiger partial charge in [0.05, 0.1) is 13.2 Å². The van der Waals surface area contributed by atoms with Crippen LogP contribution in [0, 0.1) is 0 Å². The van der Waals surface area contributed by atoms with Crippen LogP contribution >= 0.6 is 0 Å². The van der Waals surface area contributed by atoms with Crippen molar-refractivity contribution in [1.29, 1.82) is 0 Å². The first-order valence-electron chi connectivity index (χ1n) is 9.09. The summed E-state index contributed by atoms with van der Waals surface area (Å²) in [5, 5.41) is 0. The van der Waals surface area contributed by atoms with Gasteiger partial charge in [-0.2, -0.15) is 0 Å². The molecule has 4 heteroatoms. The quantitative estimate of drug-likeness (QED) is 0.603. The minimum atomic E-state index is -0.273. The summed E-state index contributed by atoms with van der Waals surface area (Å²) < 4.78 is 5.07. The topological polar surface area (TPSA) is 46.6 Å². The zero-order valence-corrected chi connectivity index (χ0v) is 15.4. The van der Waals surface area contributed by atoms with E-state index in [4.69, 9.17) is 4.74 Å². The molecule has 1 saturated heterocycles. The van der Waals surface area contributed by atoms with E-state index in [0.717, 1.165) is 11.1 Å². The number of Topliss-reactive ketones (excluding diaryl/α,β-unsaturated/α-hetero) is 1. The van der Waals surface area contributed by atoms with Gasteiger partial charge in [-0.3, -0.25) is 14.5 Å². The van der Waals surface area contributed by atoms with Crippen LogP contribution in [0.3, 0.4) is 0 Å². The lowest BCUT2D eigenvalue weighted by Gasteiger charge is -2.29. The summed E-state index contributed by atoms with van der Waals surface area (Å²) in [6, 6.07) is 19.5. The Balaban J connectivity index is 1.90. The molecule has 138 valence electrons. The number of carbonyl (C=O) groups excluding carboxylic acids is 2. The van der Waals surface area contributed by atoms with E-state index in [9.17, 15) is 9.59 Å². The van der Waals surface area contributed by atoms with E-state index < -0.39 is 0 Å². The number of hydrogen-bond donors (Lipinski definition) is 0. The lowest BCUT2D eigenvalue weighted by atomic mass is 9.94. The molecule has 0 bridgehead atoms. The Morgan fingerprint density at radius 2 is 1.41 bits per heavy atom. The number of carbonyl (C=O) groups is 2. The molecule has 0 N–H and O–H groups in total. The minimum Gasteiger partial charge on any atom is -0.465 e. The zero-order chi connectivity index (χ0) is 19.1. The van der Waals surface area contributed by atoms with E-state index in [2.05, 4.69) is 0 Å². The summed E-state index contributed by atoms with van der Waals surface area (Å²) in [5.41, 5.74) is 3.30. The Kier molecular flexibility index (Phi) is 6.34. The van der Waals surface area contributed by atoms with Crippen LogP contribution in [0.2, 0.25) is 0 Å². The monoisotopic (exact) mass is 361 g/mol. The average molecular weight is 361 g/mol. The van der Waals surface area contributed by atoms with Gasteiger partial charge in [0.2, 0.25) is 0 Å². The van der Waals surface area contributed by atoms with Gasteiger partial charge < -0.3 is 4.74 Å². The molecule has 4 nitrogen and oxygen atoms in total. The van der Waals surface area contributed by atoms with Gasteiger partial charge >= 0.3 is 5.97 Å². The molecule has 0 aromatic heterocycles. The van der Waals surface area contributed by atoms with Crippen molar-refractivity contribution in [3.05, 3.63) is 82.9 Å². The first-order chi connectivity index (χ1) is 13.2. The van der Waals surface area contributed by atoms with Gasteiger partial charge in [-0.25, -0.2) is 0 Å². The van der Waals surface area contributed by atoms with Crippen LogP contribution < -0.4 is 0 Å². The van der Waals surface area contributed by atoms with Crippen molar-refractivity contribution in [3.63, 3.8) is 0 Å². The highest BCUT2D eigenvalue weighted by atomic mass is 16.5. The number of rotatable bonds is 5. The number of piperidine rings is 1. The third kappa shape index (κ3) is 5.25. The zero-order valence-electron chi connectivity index (χ0n) is 15.4. The molecular weight excluding hydrogens is 338 g/mol. The van der Waals surface area contributed by atoms with Crippen molar-refractivity contribution in [3.8, 4) is 0 Å². The highest BCUT2D eigenvalue weighted by molar-refractivity contribution is 6.14. The molecule has 0 amide bonds. The number of nitrogens with zero attached hydrogens (tertiary/aromatic N) is 1. The maximum Gasteiger partial charge on any atom is 0.320 e. The number of benzene rings is 2. The second kappa shape index (κ2) is 9.10. The van der Waals surface area contributed by atoms with E-state index in [0.29, 0.717) is 30.8 Å². The normalized spacial score (nSPS) is 18.0. The molecule has 2 aromatic carbocycles. The highest BCUT2D eigenvalue weighted by Crippen LogP contribution is 2.22. The Hall–Kier alpha value is -2.98. The summed E-state index contributed by atoms with van der Waals surface area (Å²) in [6.07, 6.45) is 3.80. The van der Waals surface area contributed by atoms with E-state index >= 15 is 0 Å². The van der Waals surface area contributed by atoms with Crippen LogP contribution in [0.5, 0.6) is 0 Å². The third-order valence-corrected chi connectivity index (χ3v) is 4.31. The van der Waals surface area contributed by atoms with Crippen LogP contribution in [-0.4, -0.2) is 42.9 Å². The Morgan fingerprint density at radius 1 is 0.926 bits per heavy atom. The third-order valence-electron chi connectivity index (χ3n) is 4.31. The Labute approximate surface area is 159 Å². The van der Waals surface area contributed by atoms with Gasteiger partial charge in [-0.15, -0.1) is 0 Å². The summed E-state index contributed by atoms with van der Waals surface area (Å²) in [7, 11) is 0. The van der Waals surface area contributed by atoms with E-state index in [1.54, 1.807) is 6.92 Å². The van der Waals surface area contributed by atoms with Gasteiger partial charge in [0.25, 0.3) is 0 Å². The number of likely N-dealkylation sites (tertiary alicyclic amines) is 1. The van der Waals surface area contributed by atoms with Crippen LogP contribution in [0.1, 0.15) is 18.1 Å². The fraction of sp³-hybridized carbons (Fsp3) is 0.217. The van der Waals surface area contributed by atoms with Crippen molar-refractivity contribution in [1.82, 2.24) is 4.90 Å². The van der Waals surface area contributed by atoms with Crippen molar-refractivity contribution < 1.29 is 14.3 Å². The predicted molar refractivity (Wildman–Crippen MR) is 107 cm³/mol. The summed E-state index contributed by atoms with van der Waals surface area (Å²) >= 11 is 0. The van der Waals surface area contributed by atoms with Crippen LogP contribution in [0.4, 0.5) is 0 Å². The molecule has 0 spiro atoms. The SMILES string of the molecule is CCOC(=O)CN1C/C(=C\c2ccccc2)C(=O)/C(=C/c2ccccc2)C1. The molecule has 1 aliphatic heterocycles. The fourth-order valence-electron chi connectivity index (χ4n) is 3.11. The van der Waals surface area contributed by atoms with Crippen molar-refractivity contribution >= 4 is 23.9 Å². The van der Waals surface area contributed by atoms with Crippen molar-refractivity contribution in [2.24, 2.45) is 0 Å². The van der Waals surface area contributed by atoms with E-state index in [1.807, 2.05) is 77.7 Å². The number of ketones is 1. The van der Waals surface area contributed by atoms with E-state index in [1.165, 1.54) is 0 Å². The van der Waals surface area contributed by atoms with E-state index in [-0.39, 0.29) is 18.3 Å². The second-order valence-electron chi connectivity index (χ2n) is 6.44. The maximum absolute atomic E-state index is 13.0. The molecule has 2 aromatic rings. The first-order valence-corrected chi connectivity index (χ1v) is 9.09. The molecular formula is C23H23NO3. The van der Waals surface area contributed by atoms with Crippen LogP contribution in [0.25, 0.3) is 12.2 Å².